The number of hydrogen-bond acceptors (Lipinski definition) is 3. The van der Waals surface area contributed by atoms with Crippen LogP contribution in [0.1, 0.15) is 28.5 Å². The van der Waals surface area contributed by atoms with Crippen molar-refractivity contribution >= 4 is 5.91 Å². The molecule has 0 unspecified atom stereocenters. The molecule has 1 aromatic heterocycles. The van der Waals surface area contributed by atoms with E-state index in [1.54, 1.807) is 12.4 Å². The number of carbonyl (C=O) groups is 1. The van der Waals surface area contributed by atoms with Crippen LogP contribution in [0.15, 0.2) is 36.8 Å². The molecular weight excluding hydrogens is 252 g/mol. The van der Waals surface area contributed by atoms with E-state index in [9.17, 15) is 4.79 Å². The Balaban J connectivity index is 2.05. The predicted octanol–water partition coefficient (Wildman–Crippen LogP) is 1.18. The Kier molecular flexibility index (Phi) is 4.90. The normalized spacial score (nSPS) is 10.7. The van der Waals surface area contributed by atoms with Gasteiger partial charge in [0.05, 0.1) is 12.0 Å². The topological polar surface area (TPSA) is 72.9 Å². The number of imidazole rings is 1. The first kappa shape index (κ1) is 14.3. The van der Waals surface area contributed by atoms with Crippen LogP contribution in [-0.2, 0) is 13.0 Å². The molecule has 2 aromatic rings. The number of likely N-dealkylation sites (N-methyl/N-ethyl adjacent to an activating group) is 1. The number of primary amides is 1. The van der Waals surface area contributed by atoms with Gasteiger partial charge in [0.2, 0.25) is 5.91 Å². The summed E-state index contributed by atoms with van der Waals surface area (Å²) in [6, 6.07) is 7.39. The van der Waals surface area contributed by atoms with E-state index in [1.165, 1.54) is 0 Å². The Morgan fingerprint density at radius 2 is 2.20 bits per heavy atom. The lowest BCUT2D eigenvalue weighted by molar-refractivity contribution is 0.0999. The lowest BCUT2D eigenvalue weighted by Gasteiger charge is -2.06. The summed E-state index contributed by atoms with van der Waals surface area (Å²) in [4.78, 5) is 15.7. The van der Waals surface area contributed by atoms with E-state index in [-0.39, 0.29) is 0 Å². The smallest absolute Gasteiger partial charge is 0.249 e. The van der Waals surface area contributed by atoms with Crippen LogP contribution in [-0.4, -0.2) is 28.5 Å². The van der Waals surface area contributed by atoms with Crippen molar-refractivity contribution in [2.24, 2.45) is 5.73 Å². The molecule has 0 saturated heterocycles. The van der Waals surface area contributed by atoms with Gasteiger partial charge < -0.3 is 15.6 Å². The third kappa shape index (κ3) is 3.68. The molecule has 0 aliphatic rings. The molecule has 0 radical (unpaired) electrons. The number of rotatable bonds is 7. The first-order valence-corrected chi connectivity index (χ1v) is 6.79. The highest BCUT2D eigenvalue weighted by Crippen LogP contribution is 2.10. The third-order valence-electron chi connectivity index (χ3n) is 3.13. The SMILES string of the molecule is CCNCCc1cn(Cc2ccccc2C(N)=O)cn1. The van der Waals surface area contributed by atoms with Crippen molar-refractivity contribution in [1.82, 2.24) is 14.9 Å². The molecule has 20 heavy (non-hydrogen) atoms. The van der Waals surface area contributed by atoms with Gasteiger partial charge in [-0.25, -0.2) is 4.98 Å². The van der Waals surface area contributed by atoms with Crippen molar-refractivity contribution in [1.29, 1.82) is 0 Å². The summed E-state index contributed by atoms with van der Waals surface area (Å²) in [5.41, 5.74) is 7.90. The van der Waals surface area contributed by atoms with E-state index >= 15 is 0 Å². The van der Waals surface area contributed by atoms with Crippen molar-refractivity contribution < 1.29 is 4.79 Å². The Labute approximate surface area is 118 Å². The highest BCUT2D eigenvalue weighted by atomic mass is 16.1. The van der Waals surface area contributed by atoms with Gasteiger partial charge >= 0.3 is 0 Å². The summed E-state index contributed by atoms with van der Waals surface area (Å²) >= 11 is 0. The van der Waals surface area contributed by atoms with Gasteiger partial charge in [-0.15, -0.1) is 0 Å². The average molecular weight is 272 g/mol. The minimum absolute atomic E-state index is 0.395. The standard InChI is InChI=1S/C15H20N4O/c1-2-17-8-7-13-10-19(11-18-13)9-12-5-3-4-6-14(12)15(16)20/h3-6,10-11,17H,2,7-9H2,1H3,(H2,16,20). The van der Waals surface area contributed by atoms with Crippen LogP contribution in [0.4, 0.5) is 0 Å². The summed E-state index contributed by atoms with van der Waals surface area (Å²) < 4.78 is 1.98. The molecule has 0 aliphatic carbocycles. The summed E-state index contributed by atoms with van der Waals surface area (Å²) in [6.07, 6.45) is 4.70. The number of hydrogen-bond donors (Lipinski definition) is 2. The number of aromatic nitrogens is 2. The van der Waals surface area contributed by atoms with E-state index in [0.717, 1.165) is 30.8 Å². The zero-order valence-corrected chi connectivity index (χ0v) is 11.7. The first-order valence-electron chi connectivity index (χ1n) is 6.79. The monoisotopic (exact) mass is 272 g/mol. The molecular formula is C15H20N4O. The van der Waals surface area contributed by atoms with E-state index in [4.69, 9.17) is 5.73 Å². The van der Waals surface area contributed by atoms with Crippen LogP contribution in [0.2, 0.25) is 0 Å². The molecule has 106 valence electrons. The molecule has 5 nitrogen and oxygen atoms in total. The van der Waals surface area contributed by atoms with Gasteiger partial charge in [-0.1, -0.05) is 25.1 Å². The Morgan fingerprint density at radius 3 is 2.95 bits per heavy atom. The fourth-order valence-corrected chi connectivity index (χ4v) is 2.11. The quantitative estimate of drug-likeness (QED) is 0.743. The Bertz CT molecular complexity index is 577. The second-order valence-corrected chi connectivity index (χ2v) is 4.66. The fraction of sp³-hybridized carbons (Fsp3) is 0.333. The van der Waals surface area contributed by atoms with Gasteiger partial charge in [-0.2, -0.15) is 0 Å². The highest BCUT2D eigenvalue weighted by molar-refractivity contribution is 5.94. The van der Waals surface area contributed by atoms with Crippen molar-refractivity contribution in [3.63, 3.8) is 0 Å². The number of benzene rings is 1. The molecule has 0 spiro atoms. The lowest BCUT2D eigenvalue weighted by atomic mass is 10.1. The zero-order chi connectivity index (χ0) is 14.4. The predicted molar refractivity (Wildman–Crippen MR) is 78.5 cm³/mol. The van der Waals surface area contributed by atoms with Crippen molar-refractivity contribution in [2.45, 2.75) is 19.9 Å². The van der Waals surface area contributed by atoms with Crippen LogP contribution in [0, 0.1) is 0 Å². The molecule has 3 N–H and O–H groups in total. The van der Waals surface area contributed by atoms with E-state index in [0.29, 0.717) is 12.1 Å². The third-order valence-corrected chi connectivity index (χ3v) is 3.13. The minimum atomic E-state index is -0.395. The maximum absolute atomic E-state index is 11.4. The average Bonchev–Trinajstić information content (AvgIpc) is 2.87. The summed E-state index contributed by atoms with van der Waals surface area (Å²) in [5, 5.41) is 3.27. The minimum Gasteiger partial charge on any atom is -0.366 e. The number of amides is 1. The van der Waals surface area contributed by atoms with E-state index in [1.807, 2.05) is 29.0 Å². The number of nitrogens with zero attached hydrogens (tertiary/aromatic N) is 2. The van der Waals surface area contributed by atoms with Gasteiger partial charge in [0.1, 0.15) is 0 Å². The maximum atomic E-state index is 11.4. The van der Waals surface area contributed by atoms with Crippen LogP contribution in [0.25, 0.3) is 0 Å². The molecule has 0 bridgehead atoms. The summed E-state index contributed by atoms with van der Waals surface area (Å²) in [6.45, 7) is 4.57. The van der Waals surface area contributed by atoms with Crippen molar-refractivity contribution in [3.8, 4) is 0 Å². The maximum Gasteiger partial charge on any atom is 0.249 e. The molecule has 0 aliphatic heterocycles. The summed E-state index contributed by atoms with van der Waals surface area (Å²) in [5.74, 6) is -0.395. The van der Waals surface area contributed by atoms with Crippen molar-refractivity contribution in [2.75, 3.05) is 13.1 Å². The van der Waals surface area contributed by atoms with Gasteiger partial charge in [0, 0.05) is 31.3 Å². The molecule has 1 amide bonds. The Hall–Kier alpha value is -2.14. The lowest BCUT2D eigenvalue weighted by Crippen LogP contribution is -2.16. The van der Waals surface area contributed by atoms with E-state index < -0.39 is 5.91 Å². The van der Waals surface area contributed by atoms with Crippen LogP contribution >= 0.6 is 0 Å². The fourth-order valence-electron chi connectivity index (χ4n) is 2.11. The number of nitrogens with one attached hydrogen (secondary N) is 1. The molecule has 1 aromatic carbocycles. The molecule has 2 rings (SSSR count). The van der Waals surface area contributed by atoms with Crippen molar-refractivity contribution in [3.05, 3.63) is 53.6 Å². The molecule has 0 saturated carbocycles. The largest absolute Gasteiger partial charge is 0.366 e. The molecule has 0 fully saturated rings. The van der Waals surface area contributed by atoms with Gasteiger partial charge in [-0.3, -0.25) is 4.79 Å². The highest BCUT2D eigenvalue weighted by Gasteiger charge is 2.08. The summed E-state index contributed by atoms with van der Waals surface area (Å²) in [7, 11) is 0. The molecule has 0 atom stereocenters. The van der Waals surface area contributed by atoms with Gasteiger partial charge in [0.15, 0.2) is 0 Å². The second kappa shape index (κ2) is 6.86. The number of carbonyl (C=O) groups excluding carboxylic acids is 1. The van der Waals surface area contributed by atoms with E-state index in [2.05, 4.69) is 17.2 Å². The number of nitrogens with two attached hydrogens (primary N) is 1. The van der Waals surface area contributed by atoms with Crippen LogP contribution < -0.4 is 11.1 Å². The first-order chi connectivity index (χ1) is 9.70. The van der Waals surface area contributed by atoms with Gasteiger partial charge in [-0.05, 0) is 18.2 Å². The van der Waals surface area contributed by atoms with Gasteiger partial charge in [0.25, 0.3) is 0 Å². The molecule has 5 heteroatoms. The Morgan fingerprint density at radius 1 is 1.40 bits per heavy atom. The zero-order valence-electron chi connectivity index (χ0n) is 11.7. The molecule has 1 heterocycles. The van der Waals surface area contributed by atoms with Crippen LogP contribution in [0.3, 0.4) is 0 Å². The second-order valence-electron chi connectivity index (χ2n) is 4.66. The van der Waals surface area contributed by atoms with Crippen LogP contribution in [0.5, 0.6) is 0 Å².